The summed E-state index contributed by atoms with van der Waals surface area (Å²) in [5.41, 5.74) is 2.54. The molecule has 0 amide bonds. The van der Waals surface area contributed by atoms with Gasteiger partial charge in [-0.15, -0.1) is 0 Å². The summed E-state index contributed by atoms with van der Waals surface area (Å²) in [6.45, 7) is 4.36. The third-order valence-corrected chi connectivity index (χ3v) is 4.62. The molecule has 8 heteroatoms. The summed E-state index contributed by atoms with van der Waals surface area (Å²) in [7, 11) is 2.94. The van der Waals surface area contributed by atoms with E-state index in [9.17, 15) is 0 Å². The van der Waals surface area contributed by atoms with E-state index in [2.05, 4.69) is 15.0 Å². The number of hydrogen-bond donors (Lipinski definition) is 1. The summed E-state index contributed by atoms with van der Waals surface area (Å²) >= 11 is 0. The van der Waals surface area contributed by atoms with E-state index in [1.165, 1.54) is 26.5 Å². The zero-order valence-corrected chi connectivity index (χ0v) is 17.4. The van der Waals surface area contributed by atoms with E-state index in [4.69, 9.17) is 14.9 Å². The second-order valence-corrected chi connectivity index (χ2v) is 6.47. The number of methoxy groups -OCH3 is 2. The molecule has 3 aromatic rings. The number of benzene rings is 1. The van der Waals surface area contributed by atoms with Crippen LogP contribution >= 0.6 is 0 Å². The first-order valence-electron chi connectivity index (χ1n) is 9.56. The first-order chi connectivity index (χ1) is 14.6. The summed E-state index contributed by atoms with van der Waals surface area (Å²) < 4.78 is 25.6. The second-order valence-electron chi connectivity index (χ2n) is 6.47. The number of rotatable bonds is 8. The van der Waals surface area contributed by atoms with Gasteiger partial charge in [-0.05, 0) is 25.5 Å². The molecule has 2 aromatic heterocycles. The molecule has 0 radical (unpaired) electrons. The quantitative estimate of drug-likeness (QED) is 0.539. The lowest BCUT2D eigenvalue weighted by atomic mass is 10.2. The average molecular weight is 409 g/mol. The zero-order chi connectivity index (χ0) is 21.7. The van der Waals surface area contributed by atoms with E-state index in [-0.39, 0.29) is 5.75 Å². The van der Waals surface area contributed by atoms with Crippen molar-refractivity contribution in [2.45, 2.75) is 20.3 Å². The van der Waals surface area contributed by atoms with Crippen LogP contribution < -0.4 is 14.4 Å². The van der Waals surface area contributed by atoms with Gasteiger partial charge in [-0.3, -0.25) is 4.98 Å². The minimum atomic E-state index is -0.492. The van der Waals surface area contributed by atoms with Gasteiger partial charge in [-0.2, -0.15) is 0 Å². The van der Waals surface area contributed by atoms with E-state index in [0.717, 1.165) is 6.42 Å². The highest BCUT2D eigenvalue weighted by molar-refractivity contribution is 6.07. The molecule has 0 bridgehead atoms. The highest BCUT2D eigenvalue weighted by Crippen LogP contribution is 2.36. The summed E-state index contributed by atoms with van der Waals surface area (Å²) in [4.78, 5) is 15.3. The zero-order valence-electron chi connectivity index (χ0n) is 17.4. The van der Waals surface area contributed by atoms with Gasteiger partial charge in [0, 0.05) is 30.5 Å². The Kier molecular flexibility index (Phi) is 6.56. The topological polar surface area (TPSA) is 84.2 Å². The van der Waals surface area contributed by atoms with Crippen LogP contribution in [-0.2, 0) is 0 Å². The molecule has 0 aliphatic rings. The molecule has 0 unspecified atom stereocenters. The molecule has 3 rings (SSSR count). The smallest absolute Gasteiger partial charge is 0.188 e. The number of halogens is 1. The Balaban J connectivity index is 2.16. The standard InChI is InChI=1S/C22H24FN5O2/c1-5-9-28(18-10-15(29-3)11-19(30-4)21(18)23)20-8-7-16-22(27-20)26-17(13-25-16)14(6-2)12-24/h6-8,10-13,24H,5,9H2,1-4H3/b14-6+,24-12?. The summed E-state index contributed by atoms with van der Waals surface area (Å²) in [5, 5.41) is 7.53. The molecular weight excluding hydrogens is 385 g/mol. The maximum Gasteiger partial charge on any atom is 0.188 e. The van der Waals surface area contributed by atoms with Gasteiger partial charge in [0.25, 0.3) is 0 Å². The molecule has 0 aliphatic heterocycles. The van der Waals surface area contributed by atoms with Gasteiger partial charge in [0.05, 0.1) is 31.8 Å². The van der Waals surface area contributed by atoms with Crippen molar-refractivity contribution >= 4 is 34.5 Å². The number of ether oxygens (including phenoxy) is 2. The van der Waals surface area contributed by atoms with Crippen molar-refractivity contribution in [1.82, 2.24) is 15.0 Å². The van der Waals surface area contributed by atoms with E-state index in [0.29, 0.717) is 46.2 Å². The van der Waals surface area contributed by atoms with E-state index in [1.54, 1.807) is 35.4 Å². The Morgan fingerprint density at radius 1 is 1.20 bits per heavy atom. The Labute approximate surface area is 174 Å². The minimum absolute atomic E-state index is 0.0945. The van der Waals surface area contributed by atoms with Crippen LogP contribution in [0.3, 0.4) is 0 Å². The lowest BCUT2D eigenvalue weighted by molar-refractivity contribution is 0.374. The van der Waals surface area contributed by atoms with Gasteiger partial charge >= 0.3 is 0 Å². The highest BCUT2D eigenvalue weighted by Gasteiger charge is 2.20. The van der Waals surface area contributed by atoms with Crippen molar-refractivity contribution in [3.63, 3.8) is 0 Å². The molecule has 1 N–H and O–H groups in total. The Hall–Kier alpha value is -3.55. The first-order valence-corrected chi connectivity index (χ1v) is 9.56. The fraction of sp³-hybridized carbons (Fsp3) is 0.273. The van der Waals surface area contributed by atoms with Gasteiger partial charge in [0.1, 0.15) is 17.1 Å². The Morgan fingerprint density at radius 3 is 2.63 bits per heavy atom. The van der Waals surface area contributed by atoms with Crippen molar-refractivity contribution in [3.8, 4) is 11.5 Å². The summed E-state index contributed by atoms with van der Waals surface area (Å²) in [6.07, 6.45) is 5.39. The number of allylic oxidation sites excluding steroid dienone is 2. The molecule has 2 heterocycles. The number of aromatic nitrogens is 3. The average Bonchev–Trinajstić information content (AvgIpc) is 2.78. The lowest BCUT2D eigenvalue weighted by Gasteiger charge is -2.25. The molecule has 30 heavy (non-hydrogen) atoms. The number of hydrogen-bond acceptors (Lipinski definition) is 7. The van der Waals surface area contributed by atoms with Crippen LogP contribution in [0.15, 0.2) is 36.5 Å². The summed E-state index contributed by atoms with van der Waals surface area (Å²) in [6, 6.07) is 6.70. The van der Waals surface area contributed by atoms with Crippen LogP contribution in [0.4, 0.5) is 15.9 Å². The summed E-state index contributed by atoms with van der Waals surface area (Å²) in [5.74, 6) is 0.614. The molecule has 0 saturated heterocycles. The molecule has 1 aromatic carbocycles. The fourth-order valence-corrected chi connectivity index (χ4v) is 3.09. The predicted octanol–water partition coefficient (Wildman–Crippen LogP) is 4.78. The predicted molar refractivity (Wildman–Crippen MR) is 117 cm³/mol. The Morgan fingerprint density at radius 2 is 2.00 bits per heavy atom. The fourth-order valence-electron chi connectivity index (χ4n) is 3.09. The number of fused-ring (bicyclic) bond motifs is 1. The van der Waals surface area contributed by atoms with Crippen molar-refractivity contribution < 1.29 is 13.9 Å². The molecule has 156 valence electrons. The maximum atomic E-state index is 15.1. The largest absolute Gasteiger partial charge is 0.497 e. The highest BCUT2D eigenvalue weighted by atomic mass is 19.1. The monoisotopic (exact) mass is 409 g/mol. The van der Waals surface area contributed by atoms with Gasteiger partial charge in [-0.1, -0.05) is 13.0 Å². The molecule has 0 aliphatic carbocycles. The number of pyridine rings is 1. The van der Waals surface area contributed by atoms with Crippen LogP contribution in [0.5, 0.6) is 11.5 Å². The van der Waals surface area contributed by atoms with Gasteiger partial charge in [-0.25, -0.2) is 14.4 Å². The molecule has 0 atom stereocenters. The van der Waals surface area contributed by atoms with E-state index < -0.39 is 5.82 Å². The number of nitrogens with zero attached hydrogens (tertiary/aromatic N) is 4. The molecule has 0 fully saturated rings. The minimum Gasteiger partial charge on any atom is -0.497 e. The molecule has 0 spiro atoms. The SMILES string of the molecule is C/C=C(\C=N)c1cnc2ccc(N(CCC)c3cc(OC)cc(OC)c3F)nc2n1. The molecule has 7 nitrogen and oxygen atoms in total. The molecular formula is C22H24FN5O2. The van der Waals surface area contributed by atoms with Crippen molar-refractivity contribution in [3.05, 3.63) is 48.0 Å². The van der Waals surface area contributed by atoms with Crippen LogP contribution in [0.2, 0.25) is 0 Å². The van der Waals surface area contributed by atoms with Crippen LogP contribution in [0.25, 0.3) is 16.7 Å². The van der Waals surface area contributed by atoms with Gasteiger partial charge in [0.2, 0.25) is 0 Å². The van der Waals surface area contributed by atoms with Crippen molar-refractivity contribution in [2.75, 3.05) is 25.7 Å². The van der Waals surface area contributed by atoms with E-state index in [1.807, 2.05) is 13.8 Å². The molecule has 0 saturated carbocycles. The lowest BCUT2D eigenvalue weighted by Crippen LogP contribution is -2.21. The van der Waals surface area contributed by atoms with Gasteiger partial charge in [0.15, 0.2) is 17.2 Å². The number of nitrogens with one attached hydrogen (secondary N) is 1. The third-order valence-electron chi connectivity index (χ3n) is 4.62. The van der Waals surface area contributed by atoms with Gasteiger partial charge < -0.3 is 19.8 Å². The van der Waals surface area contributed by atoms with Crippen LogP contribution in [-0.4, -0.2) is 41.9 Å². The second kappa shape index (κ2) is 9.30. The van der Waals surface area contributed by atoms with Crippen molar-refractivity contribution in [1.29, 1.82) is 5.41 Å². The van der Waals surface area contributed by atoms with Crippen LogP contribution in [0.1, 0.15) is 26.0 Å². The maximum absolute atomic E-state index is 15.1. The van der Waals surface area contributed by atoms with Crippen molar-refractivity contribution in [2.24, 2.45) is 0 Å². The number of anilines is 2. The van der Waals surface area contributed by atoms with E-state index >= 15 is 4.39 Å². The Bertz CT molecular complexity index is 1100. The normalized spacial score (nSPS) is 11.4. The first kappa shape index (κ1) is 21.2. The van der Waals surface area contributed by atoms with Crippen LogP contribution in [0, 0.1) is 11.2 Å². The third kappa shape index (κ3) is 4.07.